The van der Waals surface area contributed by atoms with Crippen LogP contribution in [0.2, 0.25) is 0 Å². The maximum absolute atomic E-state index is 8.52. The Morgan fingerprint density at radius 2 is 1.27 bits per heavy atom. The van der Waals surface area contributed by atoms with Gasteiger partial charge in [0.15, 0.2) is 18.9 Å². The zero-order valence-corrected chi connectivity index (χ0v) is 15.5. The standard InChI is InChI=1S/C19H16N6O5/c20-24-22-12-5-1-10(2-6-12)17-26-9-14-15(28-17)16-19(27-14)30-18(29-16)11-3-7-13(8-4-11)23-25-21/h1-8,14-19H,9H2. The molecule has 6 unspecified atom stereocenters. The Balaban J connectivity index is 1.28. The van der Waals surface area contributed by atoms with Gasteiger partial charge in [0, 0.05) is 32.3 Å². The van der Waals surface area contributed by atoms with Gasteiger partial charge in [-0.3, -0.25) is 0 Å². The lowest BCUT2D eigenvalue weighted by molar-refractivity contribution is -0.273. The summed E-state index contributed by atoms with van der Waals surface area (Å²) >= 11 is 0. The second kappa shape index (κ2) is 7.94. The van der Waals surface area contributed by atoms with E-state index in [2.05, 4.69) is 20.1 Å². The maximum atomic E-state index is 8.52. The third kappa shape index (κ3) is 3.47. The highest BCUT2D eigenvalue weighted by Gasteiger charge is 2.55. The first-order valence-corrected chi connectivity index (χ1v) is 9.29. The van der Waals surface area contributed by atoms with Crippen molar-refractivity contribution < 1.29 is 23.7 Å². The van der Waals surface area contributed by atoms with Crippen molar-refractivity contribution in [3.63, 3.8) is 0 Å². The average molecular weight is 408 g/mol. The molecule has 2 aromatic rings. The maximum Gasteiger partial charge on any atom is 0.190 e. The number of ether oxygens (including phenoxy) is 5. The smallest absolute Gasteiger partial charge is 0.190 e. The summed E-state index contributed by atoms with van der Waals surface area (Å²) in [5.74, 6) is 0. The Morgan fingerprint density at radius 1 is 0.700 bits per heavy atom. The first-order valence-electron chi connectivity index (χ1n) is 9.29. The second-order valence-electron chi connectivity index (χ2n) is 6.94. The van der Waals surface area contributed by atoms with Gasteiger partial charge >= 0.3 is 0 Å². The predicted octanol–water partition coefficient (Wildman–Crippen LogP) is 4.82. The van der Waals surface area contributed by atoms with Gasteiger partial charge in [-0.15, -0.1) is 0 Å². The molecular formula is C19H16N6O5. The minimum atomic E-state index is -0.603. The molecule has 11 heteroatoms. The molecular weight excluding hydrogens is 392 g/mol. The monoisotopic (exact) mass is 408 g/mol. The molecule has 0 bridgehead atoms. The number of rotatable bonds is 4. The van der Waals surface area contributed by atoms with Crippen LogP contribution in [0.25, 0.3) is 20.9 Å². The fraction of sp³-hybridized carbons (Fsp3) is 0.368. The van der Waals surface area contributed by atoms with Crippen molar-refractivity contribution in [2.24, 2.45) is 10.2 Å². The summed E-state index contributed by atoms with van der Waals surface area (Å²) in [5, 5.41) is 7.12. The van der Waals surface area contributed by atoms with E-state index in [0.29, 0.717) is 18.0 Å². The van der Waals surface area contributed by atoms with Crippen LogP contribution in [0.15, 0.2) is 58.8 Å². The molecule has 0 spiro atoms. The lowest BCUT2D eigenvalue weighted by Crippen LogP contribution is -2.43. The van der Waals surface area contributed by atoms with Crippen LogP contribution in [0.1, 0.15) is 23.7 Å². The van der Waals surface area contributed by atoms with Gasteiger partial charge < -0.3 is 23.7 Å². The van der Waals surface area contributed by atoms with Crippen LogP contribution in [0.4, 0.5) is 11.4 Å². The highest BCUT2D eigenvalue weighted by Crippen LogP contribution is 2.44. The van der Waals surface area contributed by atoms with Gasteiger partial charge in [0.25, 0.3) is 0 Å². The van der Waals surface area contributed by atoms with E-state index in [1.807, 2.05) is 0 Å². The molecule has 0 aliphatic carbocycles. The third-order valence-corrected chi connectivity index (χ3v) is 5.15. The highest BCUT2D eigenvalue weighted by molar-refractivity contribution is 5.40. The largest absolute Gasteiger partial charge is 0.346 e. The first kappa shape index (κ1) is 18.9. The molecule has 30 heavy (non-hydrogen) atoms. The number of hydrogen-bond donors (Lipinski definition) is 0. The van der Waals surface area contributed by atoms with Crippen molar-refractivity contribution in [1.29, 1.82) is 0 Å². The molecule has 5 rings (SSSR count). The number of nitrogens with zero attached hydrogens (tertiary/aromatic N) is 6. The fourth-order valence-corrected chi connectivity index (χ4v) is 3.74. The van der Waals surface area contributed by atoms with E-state index >= 15 is 0 Å². The zero-order chi connectivity index (χ0) is 20.5. The molecule has 0 N–H and O–H groups in total. The molecule has 6 atom stereocenters. The molecule has 11 nitrogen and oxygen atoms in total. The van der Waals surface area contributed by atoms with Crippen molar-refractivity contribution >= 4 is 11.4 Å². The highest BCUT2D eigenvalue weighted by atomic mass is 16.8. The molecule has 3 saturated heterocycles. The van der Waals surface area contributed by atoms with Crippen LogP contribution < -0.4 is 0 Å². The van der Waals surface area contributed by atoms with E-state index in [-0.39, 0.29) is 12.2 Å². The summed E-state index contributed by atoms with van der Waals surface area (Å²) in [6, 6.07) is 13.9. The van der Waals surface area contributed by atoms with Crippen LogP contribution in [0, 0.1) is 0 Å². The summed E-state index contributed by atoms with van der Waals surface area (Å²) in [7, 11) is 0. The minimum absolute atomic E-state index is 0.285. The van der Waals surface area contributed by atoms with E-state index in [9.17, 15) is 0 Å². The average Bonchev–Trinajstić information content (AvgIpc) is 3.33. The molecule has 0 amide bonds. The van der Waals surface area contributed by atoms with Crippen molar-refractivity contribution in [3.8, 4) is 0 Å². The van der Waals surface area contributed by atoms with E-state index < -0.39 is 25.0 Å². The summed E-state index contributed by atoms with van der Waals surface area (Å²) in [6.45, 7) is 0.346. The van der Waals surface area contributed by atoms with Crippen molar-refractivity contribution in [2.45, 2.75) is 37.2 Å². The Bertz CT molecular complexity index is 1020. The molecule has 2 aromatic carbocycles. The molecule has 0 aromatic heterocycles. The third-order valence-electron chi connectivity index (χ3n) is 5.15. The SMILES string of the molecule is [N-]=[N+]=Nc1ccc(C2OCC3OC4OC(c5ccc(N=[N+]=[N-])cc5)OC4C3O2)cc1. The van der Waals surface area contributed by atoms with E-state index in [0.717, 1.165) is 11.1 Å². The molecule has 3 aliphatic rings. The van der Waals surface area contributed by atoms with Gasteiger partial charge in [-0.1, -0.05) is 58.8 Å². The van der Waals surface area contributed by atoms with Crippen LogP contribution >= 0.6 is 0 Å². The quantitative estimate of drug-likeness (QED) is 0.404. The van der Waals surface area contributed by atoms with Crippen molar-refractivity contribution in [1.82, 2.24) is 0 Å². The van der Waals surface area contributed by atoms with Crippen LogP contribution in [0.5, 0.6) is 0 Å². The summed E-state index contributed by atoms with van der Waals surface area (Å²) in [6.07, 6.45) is -2.78. The van der Waals surface area contributed by atoms with Gasteiger partial charge in [-0.25, -0.2) is 0 Å². The molecule has 3 heterocycles. The number of azide groups is 2. The van der Waals surface area contributed by atoms with Gasteiger partial charge in [-0.05, 0) is 11.1 Å². The van der Waals surface area contributed by atoms with Crippen LogP contribution in [-0.2, 0) is 23.7 Å². The Labute approximate surface area is 170 Å². The molecule has 3 fully saturated rings. The van der Waals surface area contributed by atoms with Gasteiger partial charge in [0.2, 0.25) is 0 Å². The normalized spacial score (nSPS) is 31.9. The van der Waals surface area contributed by atoms with Crippen LogP contribution in [0.3, 0.4) is 0 Å². The zero-order valence-electron chi connectivity index (χ0n) is 15.5. The first-order chi connectivity index (χ1) is 14.7. The summed E-state index contributed by atoms with van der Waals surface area (Å²) < 4.78 is 29.8. The van der Waals surface area contributed by atoms with Crippen LogP contribution in [-0.4, -0.2) is 31.2 Å². The Morgan fingerprint density at radius 3 is 1.87 bits per heavy atom. The van der Waals surface area contributed by atoms with E-state index in [1.165, 1.54) is 0 Å². The lowest BCUT2D eigenvalue weighted by Gasteiger charge is -2.33. The molecule has 0 radical (unpaired) electrons. The van der Waals surface area contributed by atoms with Gasteiger partial charge in [0.1, 0.15) is 18.3 Å². The van der Waals surface area contributed by atoms with E-state index in [4.69, 9.17) is 34.7 Å². The molecule has 3 aliphatic heterocycles. The number of benzene rings is 2. The molecule has 152 valence electrons. The Hall–Kier alpha value is -3.14. The minimum Gasteiger partial charge on any atom is -0.346 e. The second-order valence-corrected chi connectivity index (χ2v) is 6.94. The van der Waals surface area contributed by atoms with Crippen molar-refractivity contribution in [3.05, 3.63) is 80.5 Å². The predicted molar refractivity (Wildman–Crippen MR) is 101 cm³/mol. The van der Waals surface area contributed by atoms with Gasteiger partial charge in [-0.2, -0.15) is 0 Å². The summed E-state index contributed by atoms with van der Waals surface area (Å²) in [4.78, 5) is 5.53. The molecule has 0 saturated carbocycles. The van der Waals surface area contributed by atoms with Gasteiger partial charge in [0.05, 0.1) is 6.61 Å². The lowest BCUT2D eigenvalue weighted by atomic mass is 10.1. The number of hydrogen-bond acceptors (Lipinski definition) is 7. The Kier molecular flexibility index (Phi) is 4.99. The summed E-state index contributed by atoms with van der Waals surface area (Å²) in [5.41, 5.74) is 19.7. The topological polar surface area (TPSA) is 144 Å². The van der Waals surface area contributed by atoms with Crippen molar-refractivity contribution in [2.75, 3.05) is 6.61 Å². The van der Waals surface area contributed by atoms with E-state index in [1.54, 1.807) is 48.5 Å². The fourth-order valence-electron chi connectivity index (χ4n) is 3.74. The number of fused-ring (bicyclic) bond motifs is 3.